The fourth-order valence-corrected chi connectivity index (χ4v) is 12.3. The van der Waals surface area contributed by atoms with Gasteiger partial charge in [-0.15, -0.1) is 0 Å². The van der Waals surface area contributed by atoms with Crippen LogP contribution in [0.15, 0.2) is 237 Å². The van der Waals surface area contributed by atoms with E-state index < -0.39 is 23.5 Å². The summed E-state index contributed by atoms with van der Waals surface area (Å²) >= 11 is 0. The normalized spacial score (nSPS) is 13.2. The fourth-order valence-electron chi connectivity index (χ4n) is 12.3. The number of pyridine rings is 1. The largest absolute Gasteiger partial charge is 0.458 e. The van der Waals surface area contributed by atoms with Gasteiger partial charge in [-0.2, -0.15) is 0 Å². The Bertz CT molecular complexity index is 5070. The Morgan fingerprint density at radius 1 is 0.463 bits per heavy atom. The first-order chi connectivity index (χ1) is 41.0. The molecule has 384 valence electrons. The number of hydrogen-bond acceptors (Lipinski definition) is 2. The molecule has 0 N–H and O–H groups in total. The van der Waals surface area contributed by atoms with Crippen LogP contribution in [0, 0.1) is 6.33 Å². The first-order valence-corrected chi connectivity index (χ1v) is 27.3. The monoisotopic (exact) mass is 1040 g/mol. The van der Waals surface area contributed by atoms with Gasteiger partial charge < -0.3 is 9.30 Å². The Morgan fingerprint density at radius 3 is 1.75 bits per heavy atom. The summed E-state index contributed by atoms with van der Waals surface area (Å²) in [5.41, 5.74) is 16.0. The number of rotatable bonds is 6. The molecule has 80 heavy (non-hydrogen) atoms. The highest BCUT2D eigenvalue weighted by atomic mass is 16.5. The predicted molar refractivity (Wildman–Crippen MR) is 329 cm³/mol. The van der Waals surface area contributed by atoms with Crippen LogP contribution in [-0.4, -0.2) is 18.7 Å². The van der Waals surface area contributed by atoms with Gasteiger partial charge in [-0.1, -0.05) is 199 Å². The van der Waals surface area contributed by atoms with Crippen molar-refractivity contribution in [2.45, 2.75) is 52.4 Å². The summed E-state index contributed by atoms with van der Waals surface area (Å²) in [5, 5.41) is 4.43. The van der Waals surface area contributed by atoms with Gasteiger partial charge in [0.2, 0.25) is 0 Å². The van der Waals surface area contributed by atoms with Gasteiger partial charge in [0.15, 0.2) is 0 Å². The number of hydrogen-bond donors (Lipinski definition) is 0. The number of benzene rings is 10. The van der Waals surface area contributed by atoms with E-state index in [4.69, 9.17) is 13.8 Å². The summed E-state index contributed by atoms with van der Waals surface area (Å²) in [6, 6.07) is 67.8. The molecule has 0 spiro atoms. The molecular formula is C74H57N5O. The minimum Gasteiger partial charge on any atom is -0.458 e. The number of imidazole rings is 1. The fraction of sp³-hybridized carbons (Fsp3) is 0.108. The lowest BCUT2D eigenvalue weighted by Gasteiger charge is -2.27. The van der Waals surface area contributed by atoms with Gasteiger partial charge in [0.05, 0.1) is 57.0 Å². The maximum absolute atomic E-state index is 9.55. The molecule has 0 radical (unpaired) electrons. The second-order valence-electron chi connectivity index (χ2n) is 23.0. The number of nitrogens with zero attached hydrogens (tertiary/aromatic N) is 5. The predicted octanol–water partition coefficient (Wildman–Crippen LogP) is 18.7. The van der Waals surface area contributed by atoms with E-state index in [0.29, 0.717) is 17.1 Å². The highest BCUT2D eigenvalue weighted by molar-refractivity contribution is 6.11. The standard InChI is InChI=1S/C74H57N5O/c1-73(2,3)48-39-40-75-69(43-48)79-65-35-17-14-29-58(65)59-38-37-52(45-67(59)79)80-51-24-18-23-50(44-51)76-46-77-71-61(32-20-36-66(71)76)55-26-11-10-25-54(55)60-31-19-30-53(47-21-8-7-9-22-47)70(60)62-41-49(74(4,5)6)42-68(72(62)77)78-63-33-15-12-27-56(63)57-28-13-16-34-64(57)78/h7-45H,1-6H3/i7D,8D,9D,21D,22D. The summed E-state index contributed by atoms with van der Waals surface area (Å²) in [5.74, 6) is 2.15. The number of fused-ring (bicyclic) bond motifs is 13. The minimum atomic E-state index is -0.442. The third-order valence-electron chi connectivity index (χ3n) is 16.1. The molecule has 10 aromatic carbocycles. The van der Waals surface area contributed by atoms with Crippen molar-refractivity contribution in [1.82, 2.24) is 18.7 Å². The molecule has 0 atom stereocenters. The van der Waals surface area contributed by atoms with E-state index in [-0.39, 0.29) is 23.1 Å². The smallest absolute Gasteiger partial charge is 0.269 e. The average molecular weight is 1040 g/mol. The van der Waals surface area contributed by atoms with Crippen LogP contribution in [0.25, 0.3) is 122 Å². The van der Waals surface area contributed by atoms with E-state index >= 15 is 0 Å². The van der Waals surface area contributed by atoms with E-state index in [1.165, 1.54) is 5.56 Å². The van der Waals surface area contributed by atoms with Crippen molar-refractivity contribution in [3.8, 4) is 78.9 Å². The highest BCUT2D eigenvalue weighted by Crippen LogP contribution is 2.50. The van der Waals surface area contributed by atoms with Gasteiger partial charge in [-0.25, -0.2) is 4.98 Å². The van der Waals surface area contributed by atoms with Crippen molar-refractivity contribution in [2.75, 3.05) is 0 Å². The Balaban J connectivity index is 1.01. The van der Waals surface area contributed by atoms with Crippen LogP contribution in [0.1, 0.15) is 59.5 Å². The van der Waals surface area contributed by atoms with Crippen LogP contribution in [0.2, 0.25) is 0 Å². The Labute approximate surface area is 472 Å². The molecule has 0 saturated carbocycles. The van der Waals surface area contributed by atoms with E-state index in [1.54, 1.807) is 0 Å². The second kappa shape index (κ2) is 17.9. The quantitative estimate of drug-likeness (QED) is 0.123. The van der Waals surface area contributed by atoms with E-state index in [1.807, 2.05) is 42.6 Å². The minimum absolute atomic E-state index is 0.0702. The third-order valence-corrected chi connectivity index (χ3v) is 16.1. The number of aromatic nitrogens is 5. The molecule has 0 aliphatic carbocycles. The van der Waals surface area contributed by atoms with Gasteiger partial charge in [-0.05, 0) is 133 Å². The Kier molecular flexibility index (Phi) is 9.45. The van der Waals surface area contributed by atoms with Gasteiger partial charge >= 0.3 is 0 Å². The van der Waals surface area contributed by atoms with Crippen LogP contribution < -0.4 is 9.30 Å². The van der Waals surface area contributed by atoms with Crippen molar-refractivity contribution in [3.63, 3.8) is 0 Å². The molecule has 0 fully saturated rings. The van der Waals surface area contributed by atoms with Crippen molar-refractivity contribution >= 4 is 54.6 Å². The molecule has 15 rings (SSSR count). The zero-order valence-electron chi connectivity index (χ0n) is 50.3. The summed E-state index contributed by atoms with van der Waals surface area (Å²) < 4.78 is 61.7. The van der Waals surface area contributed by atoms with Crippen LogP contribution in [0.4, 0.5) is 0 Å². The lowest BCUT2D eigenvalue weighted by atomic mass is 9.81. The maximum Gasteiger partial charge on any atom is 0.269 e. The van der Waals surface area contributed by atoms with Crippen LogP contribution in [0.3, 0.4) is 0 Å². The maximum atomic E-state index is 9.55. The van der Waals surface area contributed by atoms with Gasteiger partial charge in [0.25, 0.3) is 6.33 Å². The number of para-hydroxylation sites is 4. The van der Waals surface area contributed by atoms with Crippen LogP contribution >= 0.6 is 0 Å². The van der Waals surface area contributed by atoms with Gasteiger partial charge in [0.1, 0.15) is 17.3 Å². The van der Waals surface area contributed by atoms with Crippen molar-refractivity contribution < 1.29 is 16.2 Å². The highest BCUT2D eigenvalue weighted by Gasteiger charge is 2.31. The molecule has 6 heteroatoms. The topological polar surface area (TPSA) is 40.8 Å². The molecule has 0 bridgehead atoms. The molecule has 0 unspecified atom stereocenters. The summed E-state index contributed by atoms with van der Waals surface area (Å²) in [4.78, 5) is 4.93. The van der Waals surface area contributed by atoms with E-state index in [0.717, 1.165) is 116 Å². The molecule has 0 amide bonds. The summed E-state index contributed by atoms with van der Waals surface area (Å²) in [6.07, 6.45) is 5.89. The van der Waals surface area contributed by atoms with E-state index in [9.17, 15) is 2.74 Å². The van der Waals surface area contributed by atoms with Crippen molar-refractivity contribution in [1.29, 1.82) is 0 Å². The zero-order valence-corrected chi connectivity index (χ0v) is 45.3. The second-order valence-corrected chi connectivity index (χ2v) is 23.0. The third kappa shape index (κ3) is 7.46. The van der Waals surface area contributed by atoms with Crippen LogP contribution in [-0.2, 0) is 10.8 Å². The van der Waals surface area contributed by atoms with Crippen LogP contribution in [0.5, 0.6) is 11.5 Å². The van der Waals surface area contributed by atoms with Gasteiger partial charge in [0, 0.05) is 33.8 Å². The van der Waals surface area contributed by atoms with Gasteiger partial charge in [-0.3, -0.25) is 13.7 Å². The first kappa shape index (κ1) is 42.3. The summed E-state index contributed by atoms with van der Waals surface area (Å²) in [6.45, 7) is 13.3. The number of ether oxygens (including phenoxy) is 1. The lowest BCUT2D eigenvalue weighted by molar-refractivity contribution is -0.571. The molecule has 0 saturated heterocycles. The van der Waals surface area contributed by atoms with E-state index in [2.05, 4.69) is 230 Å². The first-order valence-electron chi connectivity index (χ1n) is 29.8. The average Bonchev–Trinajstić information content (AvgIpc) is 2.04. The molecule has 14 aromatic rings. The van der Waals surface area contributed by atoms with Crippen molar-refractivity contribution in [2.24, 2.45) is 0 Å². The Morgan fingerprint density at radius 2 is 1.04 bits per heavy atom. The lowest BCUT2D eigenvalue weighted by Crippen LogP contribution is -2.33. The molecule has 5 heterocycles. The molecule has 1 aliphatic heterocycles. The SMILES string of the molecule is [2H]c1c([2H])c([2H])c(-c2cccc3c2-c2cc(C(C)(C)C)cc(-n4c5ccccc5c5ccccc54)c2-[n+]2[c-]n(-c4cccc(Oc5ccc6c7ccccc7n(-c7cc(C(C)(C)C)ccn7)c6c5)c4)c4cccc(c42)-c2ccccc2-3)c([2H])c1[2H]. The molecular weight excluding hydrogens is 975 g/mol. The molecule has 6 nitrogen and oxygen atoms in total. The summed E-state index contributed by atoms with van der Waals surface area (Å²) in [7, 11) is 0. The molecule has 1 aliphatic rings. The van der Waals surface area contributed by atoms with Crippen molar-refractivity contribution in [3.05, 3.63) is 254 Å². The Hall–Kier alpha value is -9.78. The molecule has 4 aromatic heterocycles. The zero-order chi connectivity index (χ0) is 58.4.